The van der Waals surface area contributed by atoms with Crippen LogP contribution in [0.15, 0.2) is 54.1 Å². The second-order valence-electron chi connectivity index (χ2n) is 13.4. The zero-order valence-electron chi connectivity index (χ0n) is 27.2. The van der Waals surface area contributed by atoms with Gasteiger partial charge in [0.25, 0.3) is 0 Å². The summed E-state index contributed by atoms with van der Waals surface area (Å²) in [7, 11) is 1.84. The van der Waals surface area contributed by atoms with Crippen molar-refractivity contribution in [3.8, 4) is 0 Å². The SMILES string of the molecule is CC(=O)O[C@H]1[C@H](O)[C@H](OC/C2=C/[C@@H]3[C@@H](C(C)C)CC=C(C)[C@@H]3C[C@H](OC(=O)/C=C/c3cn(C)cn3)[C@]3(C)C=C[C@@]2(O)O3)OC[C@H]1O. The van der Waals surface area contributed by atoms with Crippen LogP contribution in [-0.2, 0) is 40.3 Å². The number of aryl methyl sites for hydroxylation is 1. The van der Waals surface area contributed by atoms with Crippen molar-refractivity contribution in [2.24, 2.45) is 30.7 Å². The summed E-state index contributed by atoms with van der Waals surface area (Å²) < 4.78 is 31.0. The molecule has 1 aliphatic carbocycles. The average Bonchev–Trinajstić information content (AvgIpc) is 3.56. The van der Waals surface area contributed by atoms with Crippen LogP contribution in [0.5, 0.6) is 0 Å². The Kier molecular flexibility index (Phi) is 10.1. The third kappa shape index (κ3) is 7.22. The maximum Gasteiger partial charge on any atom is 0.331 e. The molecule has 2 bridgehead atoms. The smallest absolute Gasteiger partial charge is 0.331 e. The maximum atomic E-state index is 13.2. The van der Waals surface area contributed by atoms with Crippen LogP contribution in [0.25, 0.3) is 6.08 Å². The molecule has 1 fully saturated rings. The fourth-order valence-corrected chi connectivity index (χ4v) is 6.97. The predicted molar refractivity (Wildman–Crippen MR) is 165 cm³/mol. The molecule has 4 aliphatic rings. The van der Waals surface area contributed by atoms with Crippen molar-refractivity contribution in [2.45, 2.75) is 89.6 Å². The molecule has 4 heterocycles. The van der Waals surface area contributed by atoms with Gasteiger partial charge in [-0.05, 0) is 68.6 Å². The molecule has 3 aliphatic heterocycles. The van der Waals surface area contributed by atoms with E-state index in [2.05, 4.69) is 31.8 Å². The normalized spacial score (nSPS) is 38.7. The number of carbonyl (C=O) groups is 2. The quantitative estimate of drug-likeness (QED) is 0.217. The Morgan fingerprint density at radius 2 is 2.00 bits per heavy atom. The molecule has 1 aromatic rings. The predicted octanol–water partition coefficient (Wildman–Crippen LogP) is 2.59. The van der Waals surface area contributed by atoms with Gasteiger partial charge in [-0.1, -0.05) is 31.6 Å². The highest BCUT2D eigenvalue weighted by Gasteiger charge is 2.53. The third-order valence-electron chi connectivity index (χ3n) is 9.59. The third-order valence-corrected chi connectivity index (χ3v) is 9.59. The zero-order chi connectivity index (χ0) is 33.4. The van der Waals surface area contributed by atoms with Gasteiger partial charge in [0.05, 0.1) is 25.2 Å². The first-order valence-electron chi connectivity index (χ1n) is 15.8. The first-order valence-corrected chi connectivity index (χ1v) is 15.8. The van der Waals surface area contributed by atoms with Crippen LogP contribution in [0.3, 0.4) is 0 Å². The fourth-order valence-electron chi connectivity index (χ4n) is 6.97. The number of imidazole rings is 1. The van der Waals surface area contributed by atoms with Gasteiger partial charge in [-0.25, -0.2) is 9.78 Å². The lowest BCUT2D eigenvalue weighted by Crippen LogP contribution is -2.55. The summed E-state index contributed by atoms with van der Waals surface area (Å²) in [6.07, 6.45) is 9.22. The molecule has 3 N–H and O–H groups in total. The number of aliphatic hydroxyl groups excluding tert-OH is 2. The molecular weight excluding hydrogens is 596 g/mol. The molecule has 10 atom stereocenters. The number of esters is 2. The van der Waals surface area contributed by atoms with Gasteiger partial charge >= 0.3 is 11.9 Å². The molecule has 0 spiro atoms. The number of ether oxygens (including phenoxy) is 5. The molecule has 0 amide bonds. The Balaban J connectivity index is 1.44. The Morgan fingerprint density at radius 3 is 2.67 bits per heavy atom. The molecule has 1 saturated heterocycles. The largest absolute Gasteiger partial charge is 0.457 e. The van der Waals surface area contributed by atoms with Gasteiger partial charge in [0.1, 0.15) is 23.9 Å². The van der Waals surface area contributed by atoms with Crippen LogP contribution < -0.4 is 0 Å². The minimum Gasteiger partial charge on any atom is -0.457 e. The second-order valence-corrected chi connectivity index (χ2v) is 13.4. The first kappa shape index (κ1) is 34.2. The van der Waals surface area contributed by atoms with Gasteiger partial charge in [-0.15, -0.1) is 0 Å². The molecule has 5 rings (SSSR count). The highest BCUT2D eigenvalue weighted by atomic mass is 16.7. The van der Waals surface area contributed by atoms with E-state index in [0.29, 0.717) is 23.6 Å². The Bertz CT molecular complexity index is 1410. The lowest BCUT2D eigenvalue weighted by atomic mass is 9.65. The maximum absolute atomic E-state index is 13.2. The summed E-state index contributed by atoms with van der Waals surface area (Å²) in [5.74, 6) is -2.72. The molecule has 0 unspecified atom stereocenters. The van der Waals surface area contributed by atoms with Crippen LogP contribution in [0, 0.1) is 23.7 Å². The van der Waals surface area contributed by atoms with Gasteiger partial charge < -0.3 is 43.6 Å². The monoisotopic (exact) mass is 642 g/mol. The summed E-state index contributed by atoms with van der Waals surface area (Å²) in [6.45, 7) is 8.96. The minimum atomic E-state index is -1.91. The number of allylic oxidation sites excluding steroid dienone is 3. The molecule has 12 nitrogen and oxygen atoms in total. The van der Waals surface area contributed by atoms with E-state index in [0.717, 1.165) is 12.0 Å². The van der Waals surface area contributed by atoms with Crippen molar-refractivity contribution in [3.05, 3.63) is 59.7 Å². The summed E-state index contributed by atoms with van der Waals surface area (Å²) in [5.41, 5.74) is 0.987. The highest BCUT2D eigenvalue weighted by molar-refractivity contribution is 5.86. The zero-order valence-corrected chi connectivity index (χ0v) is 27.2. The van der Waals surface area contributed by atoms with Gasteiger partial charge in [-0.2, -0.15) is 0 Å². The highest BCUT2D eigenvalue weighted by Crippen LogP contribution is 2.49. The molecular formula is C34H46N2O10. The number of hydrogen-bond donors (Lipinski definition) is 3. The van der Waals surface area contributed by atoms with Crippen LogP contribution in [0.2, 0.25) is 0 Å². The fraction of sp³-hybridized carbons (Fsp3) is 0.618. The van der Waals surface area contributed by atoms with Crippen molar-refractivity contribution in [2.75, 3.05) is 13.2 Å². The van der Waals surface area contributed by atoms with Crippen molar-refractivity contribution >= 4 is 18.0 Å². The molecule has 252 valence electrons. The van der Waals surface area contributed by atoms with Crippen LogP contribution in [0.4, 0.5) is 0 Å². The molecule has 0 aromatic carbocycles. The number of fused-ring (bicyclic) bond motifs is 3. The second kappa shape index (κ2) is 13.5. The minimum absolute atomic E-state index is 0.0366. The molecule has 0 saturated carbocycles. The summed E-state index contributed by atoms with van der Waals surface area (Å²) >= 11 is 0. The standard InChI is InChI=1S/C34H46N2O10/c1-19(2)24-9-7-20(3)25-14-28(45-29(39)10-8-23-15-36(6)18-35-23)33(5)11-12-34(41,46-33)22(13-26(24)25)16-42-32-30(40)31(44-21(4)37)27(38)17-43-32/h7-8,10-13,15,18-19,24-28,30-32,38,40-41H,9,14,16-17H2,1-6H3/b10-8+,22-13-/t24-,25+,26-,27-,28+,30+,31-,32-,33+,34-/m1/s1. The van der Waals surface area contributed by atoms with Gasteiger partial charge in [0.2, 0.25) is 5.79 Å². The lowest BCUT2D eigenvalue weighted by Gasteiger charge is -2.41. The first-order chi connectivity index (χ1) is 21.7. The number of aromatic nitrogens is 2. The van der Waals surface area contributed by atoms with Crippen molar-refractivity contribution in [1.82, 2.24) is 9.55 Å². The Hall–Kier alpha value is -3.13. The number of aliphatic hydroxyl groups is 3. The van der Waals surface area contributed by atoms with Crippen LogP contribution >= 0.6 is 0 Å². The van der Waals surface area contributed by atoms with Crippen molar-refractivity contribution in [1.29, 1.82) is 0 Å². The molecule has 1 aromatic heterocycles. The Labute approximate surface area is 269 Å². The van der Waals surface area contributed by atoms with Gasteiger partial charge in [0.15, 0.2) is 12.4 Å². The number of nitrogens with zero attached hydrogens (tertiary/aromatic N) is 2. The summed E-state index contributed by atoms with van der Waals surface area (Å²) in [5, 5.41) is 33.1. The van der Waals surface area contributed by atoms with E-state index >= 15 is 0 Å². The summed E-state index contributed by atoms with van der Waals surface area (Å²) in [6, 6.07) is 0. The van der Waals surface area contributed by atoms with E-state index in [9.17, 15) is 24.9 Å². The Morgan fingerprint density at radius 1 is 1.24 bits per heavy atom. The molecule has 0 radical (unpaired) electrons. The van der Waals surface area contributed by atoms with E-state index in [1.165, 1.54) is 19.1 Å². The molecule has 46 heavy (non-hydrogen) atoms. The van der Waals surface area contributed by atoms with Crippen LogP contribution in [-0.4, -0.2) is 92.1 Å². The van der Waals surface area contributed by atoms with Crippen molar-refractivity contribution in [3.63, 3.8) is 0 Å². The van der Waals surface area contributed by atoms with Crippen molar-refractivity contribution < 1.29 is 48.6 Å². The van der Waals surface area contributed by atoms with E-state index in [1.54, 1.807) is 36.2 Å². The van der Waals surface area contributed by atoms with Gasteiger partial charge in [-0.3, -0.25) is 4.79 Å². The van der Waals surface area contributed by atoms with E-state index in [-0.39, 0.29) is 31.0 Å². The average molecular weight is 643 g/mol. The lowest BCUT2D eigenvalue weighted by molar-refractivity contribution is -0.275. The summed E-state index contributed by atoms with van der Waals surface area (Å²) in [4.78, 5) is 29.0. The molecule has 12 heteroatoms. The van der Waals surface area contributed by atoms with E-state index < -0.39 is 54.0 Å². The van der Waals surface area contributed by atoms with E-state index in [1.807, 2.05) is 13.1 Å². The van der Waals surface area contributed by atoms with Gasteiger partial charge in [0, 0.05) is 31.8 Å². The number of rotatable bonds is 8. The number of carbonyl (C=O) groups excluding carboxylic acids is 2. The number of hydrogen-bond acceptors (Lipinski definition) is 11. The van der Waals surface area contributed by atoms with Crippen LogP contribution in [0.1, 0.15) is 53.2 Å². The van der Waals surface area contributed by atoms with E-state index in [4.69, 9.17) is 23.7 Å². The topological polar surface area (TPSA) is 159 Å².